The van der Waals surface area contributed by atoms with Crippen molar-refractivity contribution in [2.45, 2.75) is 92.0 Å². The van der Waals surface area contributed by atoms with Crippen LogP contribution in [-0.4, -0.2) is 57.7 Å². The number of esters is 1. The van der Waals surface area contributed by atoms with Crippen molar-refractivity contribution >= 4 is 26.0 Å². The van der Waals surface area contributed by atoms with Crippen molar-refractivity contribution in [1.29, 1.82) is 0 Å². The number of methoxy groups -OCH3 is 1. The minimum atomic E-state index is -1.73. The summed E-state index contributed by atoms with van der Waals surface area (Å²) >= 11 is 0. The van der Waals surface area contributed by atoms with Gasteiger partial charge >= 0.3 is 12.1 Å². The van der Waals surface area contributed by atoms with E-state index in [0.29, 0.717) is 12.1 Å². The number of aryl methyl sites for hydroxylation is 1. The maximum absolute atomic E-state index is 12.8. The monoisotopic (exact) mass is 517 g/mol. The Bertz CT molecular complexity index is 965. The minimum absolute atomic E-state index is 0.160. The number of carbonyl (C=O) groups is 2. The van der Waals surface area contributed by atoms with E-state index in [2.05, 4.69) is 58.1 Å². The van der Waals surface area contributed by atoms with Gasteiger partial charge in [-0.2, -0.15) is 0 Å². The van der Waals surface area contributed by atoms with Crippen LogP contribution in [0.1, 0.15) is 72.9 Å². The largest absolute Gasteiger partial charge is 0.466 e. The summed E-state index contributed by atoms with van der Waals surface area (Å²) in [5.74, 6) is -0.418. The molecule has 1 aliphatic heterocycles. The fraction of sp³-hybridized carbons (Fsp3) is 0.655. The second kappa shape index (κ2) is 11.1. The van der Waals surface area contributed by atoms with Gasteiger partial charge in [0.2, 0.25) is 0 Å². The highest BCUT2D eigenvalue weighted by Gasteiger charge is 2.40. The molecule has 0 saturated heterocycles. The fourth-order valence-electron chi connectivity index (χ4n) is 4.26. The van der Waals surface area contributed by atoms with Gasteiger partial charge in [0.05, 0.1) is 19.2 Å². The molecule has 0 unspecified atom stereocenters. The number of nitrogens with zero attached hydrogens (tertiary/aromatic N) is 1. The lowest BCUT2D eigenvalue weighted by molar-refractivity contribution is -0.136. The van der Waals surface area contributed by atoms with Crippen LogP contribution in [0.25, 0.3) is 5.57 Å². The first-order chi connectivity index (χ1) is 16.4. The van der Waals surface area contributed by atoms with Crippen LogP contribution < -0.4 is 0 Å². The summed E-state index contributed by atoms with van der Waals surface area (Å²) < 4.78 is 17.0. The molecule has 0 aliphatic carbocycles. The van der Waals surface area contributed by atoms with E-state index in [1.54, 1.807) is 4.90 Å². The van der Waals surface area contributed by atoms with Crippen LogP contribution in [0.2, 0.25) is 18.1 Å². The molecule has 0 spiro atoms. The smallest absolute Gasteiger partial charge is 0.410 e. The van der Waals surface area contributed by atoms with Crippen LogP contribution in [0, 0.1) is 5.41 Å². The highest BCUT2D eigenvalue weighted by Crippen LogP contribution is 2.42. The molecule has 202 valence electrons. The molecule has 0 N–H and O–H groups in total. The first-order valence-electron chi connectivity index (χ1n) is 12.9. The third kappa shape index (κ3) is 7.69. The molecular formula is C29H47NO5Si. The molecule has 1 aromatic carbocycles. The number of hydrogen-bond acceptors (Lipinski definition) is 5. The topological polar surface area (TPSA) is 65.1 Å². The maximum Gasteiger partial charge on any atom is 0.410 e. The molecular weight excluding hydrogens is 470 g/mol. The second-order valence-corrected chi connectivity index (χ2v) is 17.8. The highest BCUT2D eigenvalue weighted by molar-refractivity contribution is 6.74. The standard InChI is InChI=1S/C29H47NO5Si/c1-27(2,3)35-26(32)30-19-23(25(31)33-9)24(29(7,8)20-30)22-16-14-21(15-17-22)13-12-18-34-36(10,11)28(4,5)6/h14-17H,12-13,18-20H2,1-11H3. The number of rotatable bonds is 7. The summed E-state index contributed by atoms with van der Waals surface area (Å²) in [6.07, 6.45) is 1.48. The van der Waals surface area contributed by atoms with Crippen LogP contribution in [0.4, 0.5) is 4.79 Å². The van der Waals surface area contributed by atoms with Crippen molar-refractivity contribution in [3.63, 3.8) is 0 Å². The Labute approximate surface area is 219 Å². The van der Waals surface area contributed by atoms with Gasteiger partial charge in [-0.05, 0) is 68.4 Å². The van der Waals surface area contributed by atoms with Crippen molar-refractivity contribution in [3.8, 4) is 0 Å². The van der Waals surface area contributed by atoms with Gasteiger partial charge in [0.15, 0.2) is 8.32 Å². The van der Waals surface area contributed by atoms with E-state index in [-0.39, 0.29) is 11.6 Å². The fourth-order valence-corrected chi connectivity index (χ4v) is 5.35. The van der Waals surface area contributed by atoms with Crippen molar-refractivity contribution in [1.82, 2.24) is 4.90 Å². The molecule has 0 radical (unpaired) electrons. The first kappa shape index (κ1) is 30.1. The Morgan fingerprint density at radius 1 is 1.03 bits per heavy atom. The third-order valence-electron chi connectivity index (χ3n) is 7.12. The molecule has 1 aliphatic rings. The Kier molecular flexibility index (Phi) is 9.28. The molecule has 1 heterocycles. The van der Waals surface area contributed by atoms with Crippen molar-refractivity contribution in [3.05, 3.63) is 41.0 Å². The summed E-state index contributed by atoms with van der Waals surface area (Å²) in [5.41, 5.74) is 2.56. The van der Waals surface area contributed by atoms with E-state index in [4.69, 9.17) is 13.9 Å². The summed E-state index contributed by atoms with van der Waals surface area (Å²) in [4.78, 5) is 27.2. The Morgan fingerprint density at radius 2 is 1.61 bits per heavy atom. The van der Waals surface area contributed by atoms with Gasteiger partial charge in [-0.3, -0.25) is 0 Å². The van der Waals surface area contributed by atoms with Gasteiger partial charge in [-0.1, -0.05) is 58.9 Å². The average Bonchev–Trinajstić information content (AvgIpc) is 2.73. The molecule has 1 amide bonds. The molecule has 0 atom stereocenters. The summed E-state index contributed by atoms with van der Waals surface area (Å²) in [5, 5.41) is 0.214. The lowest BCUT2D eigenvalue weighted by Crippen LogP contribution is -2.47. The molecule has 2 rings (SSSR count). The van der Waals surface area contributed by atoms with Gasteiger partial charge in [-0.15, -0.1) is 0 Å². The zero-order valence-electron chi connectivity index (χ0n) is 24.3. The van der Waals surface area contributed by atoms with Gasteiger partial charge in [0, 0.05) is 18.6 Å². The number of hydrogen-bond donors (Lipinski definition) is 0. The van der Waals surface area contributed by atoms with Crippen molar-refractivity contribution in [2.24, 2.45) is 5.41 Å². The molecule has 36 heavy (non-hydrogen) atoms. The second-order valence-electron chi connectivity index (χ2n) is 13.0. The number of carbonyl (C=O) groups excluding carboxylic acids is 2. The lowest BCUT2D eigenvalue weighted by Gasteiger charge is -2.41. The lowest BCUT2D eigenvalue weighted by atomic mass is 9.74. The molecule has 0 bridgehead atoms. The summed E-state index contributed by atoms with van der Waals surface area (Å²) in [6, 6.07) is 8.40. The molecule has 0 saturated carbocycles. The Balaban J connectivity index is 2.21. The van der Waals surface area contributed by atoms with E-state index in [1.807, 2.05) is 34.6 Å². The summed E-state index contributed by atoms with van der Waals surface area (Å²) in [6.45, 7) is 22.3. The van der Waals surface area contributed by atoms with E-state index < -0.39 is 31.4 Å². The quantitative estimate of drug-likeness (QED) is 0.225. The zero-order chi connectivity index (χ0) is 27.5. The normalized spacial score (nSPS) is 16.7. The van der Waals surface area contributed by atoms with E-state index in [9.17, 15) is 9.59 Å². The van der Waals surface area contributed by atoms with Gasteiger partial charge < -0.3 is 18.8 Å². The van der Waals surface area contributed by atoms with Crippen LogP contribution in [0.3, 0.4) is 0 Å². The first-order valence-corrected chi connectivity index (χ1v) is 15.8. The zero-order valence-corrected chi connectivity index (χ0v) is 25.3. The van der Waals surface area contributed by atoms with Crippen molar-refractivity contribution in [2.75, 3.05) is 26.8 Å². The van der Waals surface area contributed by atoms with E-state index >= 15 is 0 Å². The maximum atomic E-state index is 12.8. The van der Waals surface area contributed by atoms with Crippen molar-refractivity contribution < 1.29 is 23.5 Å². The predicted molar refractivity (Wildman–Crippen MR) is 148 cm³/mol. The van der Waals surface area contributed by atoms with Gasteiger partial charge in [0.1, 0.15) is 5.60 Å². The number of benzene rings is 1. The Morgan fingerprint density at radius 3 is 2.11 bits per heavy atom. The summed E-state index contributed by atoms with van der Waals surface area (Å²) in [7, 11) is -0.351. The molecule has 0 fully saturated rings. The van der Waals surface area contributed by atoms with E-state index in [1.165, 1.54) is 12.7 Å². The SMILES string of the molecule is COC(=O)C1=C(c2ccc(CCCO[Si](C)(C)C(C)(C)C)cc2)C(C)(C)CN(C(=O)OC(C)(C)C)C1. The molecule has 0 aromatic heterocycles. The van der Waals surface area contributed by atoms with Crippen LogP contribution in [0.15, 0.2) is 29.8 Å². The van der Waals surface area contributed by atoms with Crippen LogP contribution in [-0.2, 0) is 25.1 Å². The number of ether oxygens (including phenoxy) is 2. The Hall–Kier alpha value is -2.12. The molecule has 6 nitrogen and oxygen atoms in total. The third-order valence-corrected chi connectivity index (χ3v) is 11.7. The highest BCUT2D eigenvalue weighted by atomic mass is 28.4. The van der Waals surface area contributed by atoms with Gasteiger partial charge in [0.25, 0.3) is 0 Å². The van der Waals surface area contributed by atoms with Gasteiger partial charge in [-0.25, -0.2) is 9.59 Å². The predicted octanol–water partition coefficient (Wildman–Crippen LogP) is 6.84. The van der Waals surface area contributed by atoms with Crippen LogP contribution in [0.5, 0.6) is 0 Å². The average molecular weight is 518 g/mol. The number of amides is 1. The molecule has 1 aromatic rings. The minimum Gasteiger partial charge on any atom is -0.466 e. The molecule has 7 heteroatoms. The van der Waals surface area contributed by atoms with E-state index in [0.717, 1.165) is 30.6 Å². The van der Waals surface area contributed by atoms with Crippen LogP contribution >= 0.6 is 0 Å².